The first-order valence-electron chi connectivity index (χ1n) is 9.96. The molecular weight excluding hydrogens is 371 g/mol. The summed E-state index contributed by atoms with van der Waals surface area (Å²) in [7, 11) is 0. The van der Waals surface area contributed by atoms with Gasteiger partial charge in [-0.05, 0) is 82.0 Å². The van der Waals surface area contributed by atoms with Crippen LogP contribution >= 0.6 is 0 Å². The molecule has 2 aromatic carbocycles. The Kier molecular flexibility index (Phi) is 6.52. The van der Waals surface area contributed by atoms with E-state index in [1.54, 1.807) is 36.4 Å². The van der Waals surface area contributed by atoms with Gasteiger partial charge in [-0.1, -0.05) is 6.07 Å². The van der Waals surface area contributed by atoms with Crippen LogP contribution in [-0.4, -0.2) is 35.4 Å². The molecule has 0 radical (unpaired) electrons. The number of benzene rings is 2. The summed E-state index contributed by atoms with van der Waals surface area (Å²) in [5, 5.41) is 2.57. The van der Waals surface area contributed by atoms with Gasteiger partial charge in [-0.2, -0.15) is 0 Å². The number of halogens is 1. The number of carbonyl (C=O) groups excluding carboxylic acids is 2. The smallest absolute Gasteiger partial charge is 0.260 e. The van der Waals surface area contributed by atoms with Gasteiger partial charge < -0.3 is 15.0 Å². The zero-order valence-electron chi connectivity index (χ0n) is 17.1. The molecule has 2 amide bonds. The van der Waals surface area contributed by atoms with Gasteiger partial charge >= 0.3 is 0 Å². The van der Waals surface area contributed by atoms with Gasteiger partial charge in [0.1, 0.15) is 11.6 Å². The minimum atomic E-state index is -0.483. The average Bonchev–Trinajstić information content (AvgIpc) is 2.69. The van der Waals surface area contributed by atoms with E-state index in [1.807, 2.05) is 11.8 Å². The van der Waals surface area contributed by atoms with Crippen LogP contribution in [0.15, 0.2) is 42.5 Å². The number of likely N-dealkylation sites (tertiary alicyclic amines) is 1. The Labute approximate surface area is 170 Å². The van der Waals surface area contributed by atoms with Crippen molar-refractivity contribution in [3.63, 3.8) is 0 Å². The number of hydrogen-bond donors (Lipinski definition) is 1. The first-order chi connectivity index (χ1) is 13.8. The zero-order chi connectivity index (χ0) is 21.0. The normalized spacial score (nSPS) is 19.0. The number of hydrogen-bond acceptors (Lipinski definition) is 3. The summed E-state index contributed by atoms with van der Waals surface area (Å²) < 4.78 is 19.4. The minimum absolute atomic E-state index is 0.0264. The number of rotatable bonds is 5. The first-order valence-corrected chi connectivity index (χ1v) is 9.96. The maximum Gasteiger partial charge on any atom is 0.260 e. The molecule has 0 spiro atoms. The Morgan fingerprint density at radius 3 is 2.41 bits per heavy atom. The fourth-order valence-electron chi connectivity index (χ4n) is 3.76. The molecule has 1 N–H and O–H groups in total. The van der Waals surface area contributed by atoms with Crippen LogP contribution in [0, 0.1) is 12.7 Å². The van der Waals surface area contributed by atoms with E-state index in [0.29, 0.717) is 11.3 Å². The lowest BCUT2D eigenvalue weighted by atomic mass is 9.97. The van der Waals surface area contributed by atoms with Crippen LogP contribution in [0.1, 0.15) is 49.0 Å². The second-order valence-corrected chi connectivity index (χ2v) is 7.68. The van der Waals surface area contributed by atoms with E-state index in [1.165, 1.54) is 6.07 Å². The molecule has 1 aliphatic rings. The van der Waals surface area contributed by atoms with Gasteiger partial charge in [0.25, 0.3) is 11.8 Å². The first kappa shape index (κ1) is 20.8. The van der Waals surface area contributed by atoms with Gasteiger partial charge in [0, 0.05) is 17.6 Å². The summed E-state index contributed by atoms with van der Waals surface area (Å²) >= 11 is 0. The number of carbonyl (C=O) groups is 2. The molecule has 154 valence electrons. The number of nitrogens with zero attached hydrogens (tertiary/aromatic N) is 1. The van der Waals surface area contributed by atoms with Crippen molar-refractivity contribution in [2.24, 2.45) is 0 Å². The molecule has 1 fully saturated rings. The highest BCUT2D eigenvalue weighted by Crippen LogP contribution is 2.23. The van der Waals surface area contributed by atoms with E-state index in [-0.39, 0.29) is 30.3 Å². The topological polar surface area (TPSA) is 58.6 Å². The van der Waals surface area contributed by atoms with Crippen molar-refractivity contribution in [3.8, 4) is 5.75 Å². The summed E-state index contributed by atoms with van der Waals surface area (Å²) in [5.41, 5.74) is 1.38. The molecule has 0 aliphatic carbocycles. The molecule has 2 aromatic rings. The highest BCUT2D eigenvalue weighted by atomic mass is 19.1. The highest BCUT2D eigenvalue weighted by Gasteiger charge is 2.28. The van der Waals surface area contributed by atoms with Crippen molar-refractivity contribution in [2.75, 3.05) is 11.9 Å². The minimum Gasteiger partial charge on any atom is -0.484 e. The van der Waals surface area contributed by atoms with Crippen LogP contribution in [0.3, 0.4) is 0 Å². The third-order valence-corrected chi connectivity index (χ3v) is 5.33. The summed E-state index contributed by atoms with van der Waals surface area (Å²) in [6.45, 7) is 5.93. The average molecular weight is 398 g/mol. The number of amides is 2. The molecule has 2 atom stereocenters. The van der Waals surface area contributed by atoms with E-state index in [4.69, 9.17) is 4.74 Å². The molecule has 1 aliphatic heterocycles. The van der Waals surface area contributed by atoms with Crippen LogP contribution in [0.4, 0.5) is 10.1 Å². The Morgan fingerprint density at radius 2 is 1.76 bits per heavy atom. The van der Waals surface area contributed by atoms with Gasteiger partial charge in [0.05, 0.1) is 5.69 Å². The lowest BCUT2D eigenvalue weighted by Crippen LogP contribution is -2.49. The monoisotopic (exact) mass is 398 g/mol. The standard InChI is InChI=1S/C23H27FN2O3/c1-15-7-12-20(24)21(13-15)25-23(28)18-8-10-19(11-9-18)29-14-22(27)26-16(2)5-4-6-17(26)3/h7-13,16-17H,4-6,14H2,1-3H3,(H,25,28). The van der Waals surface area contributed by atoms with Gasteiger partial charge in [0.2, 0.25) is 0 Å². The summed E-state index contributed by atoms with van der Waals surface area (Å²) in [6, 6.07) is 11.5. The Morgan fingerprint density at radius 1 is 1.10 bits per heavy atom. The zero-order valence-corrected chi connectivity index (χ0v) is 17.1. The van der Waals surface area contributed by atoms with Gasteiger partial charge in [-0.25, -0.2) is 4.39 Å². The maximum atomic E-state index is 13.8. The fraction of sp³-hybridized carbons (Fsp3) is 0.391. The van der Waals surface area contributed by atoms with Crippen molar-refractivity contribution in [1.29, 1.82) is 0 Å². The SMILES string of the molecule is Cc1ccc(F)c(NC(=O)c2ccc(OCC(=O)N3C(C)CCCC3C)cc2)c1. The second-order valence-electron chi connectivity index (χ2n) is 7.68. The van der Waals surface area contributed by atoms with E-state index < -0.39 is 11.7 Å². The van der Waals surface area contributed by atoms with E-state index in [2.05, 4.69) is 19.2 Å². The van der Waals surface area contributed by atoms with Crippen molar-refractivity contribution < 1.29 is 18.7 Å². The van der Waals surface area contributed by atoms with Crippen LogP contribution in [0.25, 0.3) is 0 Å². The van der Waals surface area contributed by atoms with Crippen molar-refractivity contribution >= 4 is 17.5 Å². The van der Waals surface area contributed by atoms with E-state index in [0.717, 1.165) is 24.8 Å². The van der Waals surface area contributed by atoms with Crippen LogP contribution < -0.4 is 10.1 Å². The van der Waals surface area contributed by atoms with Crippen molar-refractivity contribution in [3.05, 3.63) is 59.4 Å². The molecule has 29 heavy (non-hydrogen) atoms. The number of aryl methyl sites for hydroxylation is 1. The summed E-state index contributed by atoms with van der Waals surface area (Å²) in [4.78, 5) is 26.8. The Bertz CT molecular complexity index is 872. The van der Waals surface area contributed by atoms with Crippen LogP contribution in [0.5, 0.6) is 5.75 Å². The Balaban J connectivity index is 1.57. The van der Waals surface area contributed by atoms with Crippen LogP contribution in [-0.2, 0) is 4.79 Å². The maximum absolute atomic E-state index is 13.8. The summed E-state index contributed by atoms with van der Waals surface area (Å²) in [6.07, 6.45) is 3.17. The molecule has 1 heterocycles. The number of nitrogens with one attached hydrogen (secondary N) is 1. The van der Waals surface area contributed by atoms with Gasteiger partial charge in [-0.3, -0.25) is 9.59 Å². The Hall–Kier alpha value is -2.89. The lowest BCUT2D eigenvalue weighted by Gasteiger charge is -2.38. The third kappa shape index (κ3) is 5.13. The summed E-state index contributed by atoms with van der Waals surface area (Å²) in [5.74, 6) is -0.410. The molecule has 0 bridgehead atoms. The number of anilines is 1. The van der Waals surface area contributed by atoms with Gasteiger partial charge in [-0.15, -0.1) is 0 Å². The predicted molar refractivity (Wildman–Crippen MR) is 111 cm³/mol. The molecule has 0 saturated carbocycles. The number of ether oxygens (including phenoxy) is 1. The molecule has 0 aromatic heterocycles. The predicted octanol–water partition coefficient (Wildman–Crippen LogP) is 4.55. The molecule has 3 rings (SSSR count). The second kappa shape index (κ2) is 9.07. The fourth-order valence-corrected chi connectivity index (χ4v) is 3.76. The number of piperidine rings is 1. The van der Waals surface area contributed by atoms with Crippen molar-refractivity contribution in [1.82, 2.24) is 4.90 Å². The third-order valence-electron chi connectivity index (χ3n) is 5.33. The molecular formula is C23H27FN2O3. The molecule has 1 saturated heterocycles. The van der Waals surface area contributed by atoms with Crippen molar-refractivity contribution in [2.45, 2.75) is 52.1 Å². The van der Waals surface area contributed by atoms with Crippen LogP contribution in [0.2, 0.25) is 0 Å². The highest BCUT2D eigenvalue weighted by molar-refractivity contribution is 6.04. The van der Waals surface area contributed by atoms with E-state index >= 15 is 0 Å². The molecule has 6 heteroatoms. The largest absolute Gasteiger partial charge is 0.484 e. The van der Waals surface area contributed by atoms with Gasteiger partial charge in [0.15, 0.2) is 6.61 Å². The lowest BCUT2D eigenvalue weighted by molar-refractivity contribution is -0.139. The molecule has 2 unspecified atom stereocenters. The quantitative estimate of drug-likeness (QED) is 0.804. The molecule has 5 nitrogen and oxygen atoms in total. The van der Waals surface area contributed by atoms with E-state index in [9.17, 15) is 14.0 Å².